The Hall–Kier alpha value is -1.16. The van der Waals surface area contributed by atoms with Crippen LogP contribution in [0, 0.1) is 6.92 Å². The van der Waals surface area contributed by atoms with Crippen LogP contribution in [-0.2, 0) is 6.42 Å². The molecule has 4 nitrogen and oxygen atoms in total. The Labute approximate surface area is 97.7 Å². The van der Waals surface area contributed by atoms with Gasteiger partial charge in [-0.25, -0.2) is 15.8 Å². The number of nitrogens with one attached hydrogen (secondary N) is 1. The molecule has 0 spiro atoms. The SMILES string of the molecule is CCc1c(C)nc(C(CC)CC)nc1NN. The first kappa shape index (κ1) is 12.9. The van der Waals surface area contributed by atoms with E-state index in [1.54, 1.807) is 0 Å². The third-order valence-electron chi connectivity index (χ3n) is 3.07. The third-order valence-corrected chi connectivity index (χ3v) is 3.07. The molecule has 4 heteroatoms. The van der Waals surface area contributed by atoms with E-state index in [4.69, 9.17) is 5.84 Å². The van der Waals surface area contributed by atoms with Crippen molar-refractivity contribution in [1.29, 1.82) is 0 Å². The van der Waals surface area contributed by atoms with E-state index in [0.717, 1.165) is 42.2 Å². The monoisotopic (exact) mass is 222 g/mol. The highest BCUT2D eigenvalue weighted by molar-refractivity contribution is 5.45. The second-order valence-corrected chi connectivity index (χ2v) is 4.01. The highest BCUT2D eigenvalue weighted by Gasteiger charge is 2.15. The average Bonchev–Trinajstić information content (AvgIpc) is 2.29. The molecule has 0 saturated heterocycles. The fourth-order valence-corrected chi connectivity index (χ4v) is 2.00. The van der Waals surface area contributed by atoms with Crippen molar-refractivity contribution in [2.24, 2.45) is 5.84 Å². The first-order valence-corrected chi connectivity index (χ1v) is 6.01. The van der Waals surface area contributed by atoms with E-state index < -0.39 is 0 Å². The molecule has 1 heterocycles. The summed E-state index contributed by atoms with van der Waals surface area (Å²) < 4.78 is 0. The number of rotatable bonds is 5. The predicted octanol–water partition coefficient (Wildman–Crippen LogP) is 2.54. The van der Waals surface area contributed by atoms with E-state index in [1.165, 1.54) is 0 Å². The number of nitrogens with two attached hydrogens (primary N) is 1. The lowest BCUT2D eigenvalue weighted by atomic mass is 10.0. The lowest BCUT2D eigenvalue weighted by Crippen LogP contribution is -2.16. The number of hydrogen-bond acceptors (Lipinski definition) is 4. The van der Waals surface area contributed by atoms with Gasteiger partial charge in [0.2, 0.25) is 0 Å². The van der Waals surface area contributed by atoms with Crippen LogP contribution in [0.25, 0.3) is 0 Å². The van der Waals surface area contributed by atoms with Crippen LogP contribution in [0.15, 0.2) is 0 Å². The number of nitrogens with zero attached hydrogens (tertiary/aromatic N) is 2. The fraction of sp³-hybridized carbons (Fsp3) is 0.667. The number of hydrazine groups is 1. The van der Waals surface area contributed by atoms with Crippen LogP contribution in [0.1, 0.15) is 56.6 Å². The minimum Gasteiger partial charge on any atom is -0.308 e. The molecular weight excluding hydrogens is 200 g/mol. The quantitative estimate of drug-likeness (QED) is 0.593. The molecule has 0 amide bonds. The van der Waals surface area contributed by atoms with Crippen molar-refractivity contribution in [2.75, 3.05) is 5.43 Å². The Morgan fingerprint density at radius 3 is 2.25 bits per heavy atom. The molecule has 0 saturated carbocycles. The van der Waals surface area contributed by atoms with Gasteiger partial charge in [0, 0.05) is 17.2 Å². The van der Waals surface area contributed by atoms with Gasteiger partial charge in [-0.05, 0) is 26.2 Å². The molecule has 1 rings (SSSR count). The number of nitrogen functional groups attached to an aromatic ring is 1. The summed E-state index contributed by atoms with van der Waals surface area (Å²) in [5.74, 6) is 7.62. The van der Waals surface area contributed by atoms with Crippen molar-refractivity contribution in [2.45, 2.75) is 52.9 Å². The molecule has 0 aromatic carbocycles. The number of aryl methyl sites for hydroxylation is 1. The smallest absolute Gasteiger partial charge is 0.147 e. The highest BCUT2D eigenvalue weighted by Crippen LogP contribution is 2.24. The highest BCUT2D eigenvalue weighted by atomic mass is 15.3. The molecular formula is C12H22N4. The van der Waals surface area contributed by atoms with E-state index in [-0.39, 0.29) is 0 Å². The van der Waals surface area contributed by atoms with Crippen molar-refractivity contribution < 1.29 is 0 Å². The van der Waals surface area contributed by atoms with E-state index in [9.17, 15) is 0 Å². The van der Waals surface area contributed by atoms with Crippen molar-refractivity contribution in [3.63, 3.8) is 0 Å². The van der Waals surface area contributed by atoms with Crippen molar-refractivity contribution >= 4 is 5.82 Å². The van der Waals surface area contributed by atoms with E-state index in [2.05, 4.69) is 36.2 Å². The van der Waals surface area contributed by atoms with Crippen LogP contribution in [0.5, 0.6) is 0 Å². The maximum absolute atomic E-state index is 5.51. The maximum atomic E-state index is 5.51. The van der Waals surface area contributed by atoms with Crippen LogP contribution < -0.4 is 11.3 Å². The maximum Gasteiger partial charge on any atom is 0.147 e. The largest absolute Gasteiger partial charge is 0.308 e. The van der Waals surface area contributed by atoms with Gasteiger partial charge < -0.3 is 5.43 Å². The Balaban J connectivity index is 3.19. The molecule has 0 aliphatic carbocycles. The van der Waals surface area contributed by atoms with Crippen LogP contribution in [0.3, 0.4) is 0 Å². The fourth-order valence-electron chi connectivity index (χ4n) is 2.00. The number of hydrogen-bond donors (Lipinski definition) is 2. The van der Waals surface area contributed by atoms with Gasteiger partial charge >= 0.3 is 0 Å². The van der Waals surface area contributed by atoms with Gasteiger partial charge in [-0.1, -0.05) is 20.8 Å². The van der Waals surface area contributed by atoms with Gasteiger partial charge in [0.15, 0.2) is 0 Å². The zero-order valence-corrected chi connectivity index (χ0v) is 10.7. The molecule has 0 unspecified atom stereocenters. The molecule has 0 fully saturated rings. The summed E-state index contributed by atoms with van der Waals surface area (Å²) >= 11 is 0. The molecule has 16 heavy (non-hydrogen) atoms. The summed E-state index contributed by atoms with van der Waals surface area (Å²) in [6.07, 6.45) is 3.02. The predicted molar refractivity (Wildman–Crippen MR) is 67.3 cm³/mol. The summed E-state index contributed by atoms with van der Waals surface area (Å²) in [5, 5.41) is 0. The van der Waals surface area contributed by atoms with Gasteiger partial charge in [-0.3, -0.25) is 0 Å². The summed E-state index contributed by atoms with van der Waals surface area (Å²) in [5.41, 5.74) is 4.82. The van der Waals surface area contributed by atoms with Gasteiger partial charge in [0.25, 0.3) is 0 Å². The Bertz CT molecular complexity index is 345. The van der Waals surface area contributed by atoms with Crippen LogP contribution in [0.2, 0.25) is 0 Å². The molecule has 3 N–H and O–H groups in total. The lowest BCUT2D eigenvalue weighted by Gasteiger charge is -2.15. The minimum atomic E-state index is 0.428. The van der Waals surface area contributed by atoms with Crippen LogP contribution in [0.4, 0.5) is 5.82 Å². The second kappa shape index (κ2) is 5.80. The Morgan fingerprint density at radius 1 is 1.19 bits per heavy atom. The zero-order chi connectivity index (χ0) is 12.1. The van der Waals surface area contributed by atoms with E-state index >= 15 is 0 Å². The second-order valence-electron chi connectivity index (χ2n) is 4.01. The van der Waals surface area contributed by atoms with Crippen molar-refractivity contribution in [1.82, 2.24) is 9.97 Å². The number of anilines is 1. The van der Waals surface area contributed by atoms with E-state index in [0.29, 0.717) is 5.92 Å². The standard InChI is InChI=1S/C12H22N4/c1-5-9(6-2)11-14-8(4)10(7-3)12(15-11)16-13/h9H,5-7,13H2,1-4H3,(H,14,15,16). The van der Waals surface area contributed by atoms with Gasteiger partial charge in [-0.15, -0.1) is 0 Å². The molecule has 0 radical (unpaired) electrons. The molecule has 0 bridgehead atoms. The van der Waals surface area contributed by atoms with Gasteiger partial charge in [0.05, 0.1) is 0 Å². The van der Waals surface area contributed by atoms with E-state index in [1.807, 2.05) is 6.92 Å². The Morgan fingerprint density at radius 2 is 1.81 bits per heavy atom. The normalized spacial score (nSPS) is 10.9. The molecule has 1 aromatic heterocycles. The summed E-state index contributed by atoms with van der Waals surface area (Å²) in [7, 11) is 0. The summed E-state index contributed by atoms with van der Waals surface area (Å²) in [6, 6.07) is 0. The first-order valence-electron chi connectivity index (χ1n) is 6.01. The molecule has 0 aliphatic rings. The molecule has 0 atom stereocenters. The van der Waals surface area contributed by atoms with Gasteiger partial charge in [0.1, 0.15) is 11.6 Å². The lowest BCUT2D eigenvalue weighted by molar-refractivity contribution is 0.598. The topological polar surface area (TPSA) is 63.8 Å². The third kappa shape index (κ3) is 2.50. The number of aromatic nitrogens is 2. The average molecular weight is 222 g/mol. The van der Waals surface area contributed by atoms with Crippen molar-refractivity contribution in [3.8, 4) is 0 Å². The molecule has 1 aromatic rings. The Kier molecular flexibility index (Phi) is 4.68. The van der Waals surface area contributed by atoms with Crippen LogP contribution in [-0.4, -0.2) is 9.97 Å². The minimum absolute atomic E-state index is 0.428. The zero-order valence-electron chi connectivity index (χ0n) is 10.7. The summed E-state index contributed by atoms with van der Waals surface area (Å²) in [6.45, 7) is 8.43. The molecule has 90 valence electrons. The molecule has 0 aliphatic heterocycles. The van der Waals surface area contributed by atoms with Gasteiger partial charge in [-0.2, -0.15) is 0 Å². The van der Waals surface area contributed by atoms with Crippen molar-refractivity contribution in [3.05, 3.63) is 17.1 Å². The first-order chi connectivity index (χ1) is 7.67. The summed E-state index contributed by atoms with van der Waals surface area (Å²) in [4.78, 5) is 9.11. The van der Waals surface area contributed by atoms with Crippen LogP contribution >= 0.6 is 0 Å².